The number of ether oxygens (including phenoxy) is 1. The number of amides is 2. The first-order chi connectivity index (χ1) is 14.9. The van der Waals surface area contributed by atoms with Crippen LogP contribution in [0.15, 0.2) is 48.5 Å². The highest BCUT2D eigenvalue weighted by molar-refractivity contribution is 7.71. The fraction of sp³-hybridized carbons (Fsp3) is 0.182. The summed E-state index contributed by atoms with van der Waals surface area (Å²) in [5.74, 6) is 3.11. The maximum absolute atomic E-state index is 12.7. The standard InChI is InChI=1S/C22H21N5O3S/c1-4-15-6-5-7-17(12-15)23-19(28)13-26(2)20(29)14-27-21(24-25-22(27)31)16-8-10-18(30-3)11-9-16/h1,5-12H,13-14H2,2-3H3,(H,23,28)(H,25,31). The molecule has 158 valence electrons. The number of methoxy groups -OCH3 is 1. The van der Waals surface area contributed by atoms with Gasteiger partial charge in [-0.3, -0.25) is 19.3 Å². The maximum Gasteiger partial charge on any atom is 0.243 e. The lowest BCUT2D eigenvalue weighted by molar-refractivity contribution is -0.133. The van der Waals surface area contributed by atoms with Crippen LogP contribution >= 0.6 is 12.2 Å². The van der Waals surface area contributed by atoms with Crippen LogP contribution in [0, 0.1) is 17.1 Å². The Morgan fingerprint density at radius 2 is 2.03 bits per heavy atom. The lowest BCUT2D eigenvalue weighted by Gasteiger charge is -2.18. The molecule has 3 aromatic rings. The summed E-state index contributed by atoms with van der Waals surface area (Å²) >= 11 is 5.28. The van der Waals surface area contributed by atoms with Crippen molar-refractivity contribution in [3.05, 3.63) is 58.9 Å². The number of likely N-dealkylation sites (N-methyl/N-ethyl adjacent to an activating group) is 1. The highest BCUT2D eigenvalue weighted by Gasteiger charge is 2.17. The summed E-state index contributed by atoms with van der Waals surface area (Å²) in [5.41, 5.74) is 2.00. The third-order valence-corrected chi connectivity index (χ3v) is 4.83. The smallest absolute Gasteiger partial charge is 0.243 e. The van der Waals surface area contributed by atoms with Crippen LogP contribution in [0.1, 0.15) is 5.56 Å². The number of terminal acetylenes is 1. The number of nitrogens with zero attached hydrogens (tertiary/aromatic N) is 3. The van der Waals surface area contributed by atoms with E-state index >= 15 is 0 Å². The Morgan fingerprint density at radius 3 is 2.71 bits per heavy atom. The Kier molecular flexibility index (Phi) is 6.85. The fourth-order valence-corrected chi connectivity index (χ4v) is 3.07. The second-order valence-electron chi connectivity index (χ2n) is 6.69. The van der Waals surface area contributed by atoms with Gasteiger partial charge in [-0.1, -0.05) is 12.0 Å². The number of anilines is 1. The fourth-order valence-electron chi connectivity index (χ4n) is 2.87. The van der Waals surface area contributed by atoms with Gasteiger partial charge in [0.15, 0.2) is 10.6 Å². The van der Waals surface area contributed by atoms with E-state index in [1.54, 1.807) is 55.1 Å². The van der Waals surface area contributed by atoms with Crippen molar-refractivity contribution in [1.29, 1.82) is 0 Å². The average Bonchev–Trinajstić information content (AvgIpc) is 3.13. The van der Waals surface area contributed by atoms with Crippen LogP contribution in [-0.2, 0) is 16.1 Å². The van der Waals surface area contributed by atoms with Crippen LogP contribution in [-0.4, -0.2) is 52.2 Å². The molecule has 0 radical (unpaired) electrons. The molecule has 0 unspecified atom stereocenters. The van der Waals surface area contributed by atoms with Crippen LogP contribution in [0.2, 0.25) is 0 Å². The second-order valence-corrected chi connectivity index (χ2v) is 7.08. The number of aromatic amines is 1. The summed E-state index contributed by atoms with van der Waals surface area (Å²) in [6.45, 7) is -0.185. The van der Waals surface area contributed by atoms with E-state index < -0.39 is 0 Å². The van der Waals surface area contributed by atoms with Crippen molar-refractivity contribution in [3.63, 3.8) is 0 Å². The molecule has 0 bridgehead atoms. The van der Waals surface area contributed by atoms with Crippen molar-refractivity contribution in [2.45, 2.75) is 6.54 Å². The third kappa shape index (κ3) is 5.38. The topological polar surface area (TPSA) is 92.2 Å². The van der Waals surface area contributed by atoms with Crippen molar-refractivity contribution < 1.29 is 14.3 Å². The van der Waals surface area contributed by atoms with Crippen LogP contribution in [0.3, 0.4) is 0 Å². The summed E-state index contributed by atoms with van der Waals surface area (Å²) in [4.78, 5) is 26.4. The summed E-state index contributed by atoms with van der Waals surface area (Å²) in [6, 6.07) is 14.2. The third-order valence-electron chi connectivity index (χ3n) is 4.52. The van der Waals surface area contributed by atoms with Gasteiger partial charge in [0.2, 0.25) is 11.8 Å². The Balaban J connectivity index is 1.67. The van der Waals surface area contributed by atoms with Gasteiger partial charge in [-0.05, 0) is 54.7 Å². The van der Waals surface area contributed by atoms with Crippen LogP contribution < -0.4 is 10.1 Å². The predicted octanol–water partition coefficient (Wildman–Crippen LogP) is 2.69. The van der Waals surface area contributed by atoms with Gasteiger partial charge >= 0.3 is 0 Å². The largest absolute Gasteiger partial charge is 0.497 e. The van der Waals surface area contributed by atoms with Gasteiger partial charge in [0.1, 0.15) is 12.3 Å². The normalized spacial score (nSPS) is 10.2. The molecular formula is C22H21N5O3S. The number of hydrogen-bond donors (Lipinski definition) is 2. The van der Waals surface area contributed by atoms with Gasteiger partial charge in [-0.25, -0.2) is 0 Å². The van der Waals surface area contributed by atoms with E-state index in [2.05, 4.69) is 21.4 Å². The molecule has 0 saturated heterocycles. The molecule has 2 aromatic carbocycles. The Hall–Kier alpha value is -3.90. The van der Waals surface area contributed by atoms with Gasteiger partial charge in [0, 0.05) is 23.9 Å². The highest BCUT2D eigenvalue weighted by Crippen LogP contribution is 2.21. The van der Waals surface area contributed by atoms with Gasteiger partial charge in [-0.2, -0.15) is 5.10 Å². The first kappa shape index (κ1) is 21.8. The lowest BCUT2D eigenvalue weighted by Crippen LogP contribution is -2.37. The van der Waals surface area contributed by atoms with Crippen molar-refractivity contribution in [1.82, 2.24) is 19.7 Å². The van der Waals surface area contributed by atoms with Gasteiger partial charge in [0.05, 0.1) is 13.7 Å². The van der Waals surface area contributed by atoms with E-state index in [4.69, 9.17) is 23.4 Å². The number of rotatable bonds is 7. The van der Waals surface area contributed by atoms with E-state index in [1.807, 2.05) is 12.1 Å². The molecule has 1 heterocycles. The highest BCUT2D eigenvalue weighted by atomic mass is 32.1. The molecule has 8 nitrogen and oxygen atoms in total. The van der Waals surface area contributed by atoms with Crippen molar-refractivity contribution in [3.8, 4) is 29.5 Å². The number of hydrogen-bond acceptors (Lipinski definition) is 5. The average molecular weight is 436 g/mol. The van der Waals surface area contributed by atoms with Crippen molar-refractivity contribution in [2.75, 3.05) is 26.0 Å². The van der Waals surface area contributed by atoms with E-state index in [9.17, 15) is 9.59 Å². The van der Waals surface area contributed by atoms with Gasteiger partial charge in [0.25, 0.3) is 0 Å². The Labute approximate surface area is 184 Å². The maximum atomic E-state index is 12.7. The summed E-state index contributed by atoms with van der Waals surface area (Å²) < 4.78 is 7.06. The first-order valence-electron chi connectivity index (χ1n) is 9.31. The monoisotopic (exact) mass is 435 g/mol. The van der Waals surface area contributed by atoms with E-state index in [1.165, 1.54) is 4.90 Å². The number of nitrogens with one attached hydrogen (secondary N) is 2. The summed E-state index contributed by atoms with van der Waals surface area (Å²) in [6.07, 6.45) is 5.37. The van der Waals surface area contributed by atoms with E-state index in [0.717, 1.165) is 5.56 Å². The lowest BCUT2D eigenvalue weighted by atomic mass is 10.2. The zero-order chi connectivity index (χ0) is 22.4. The molecule has 2 N–H and O–H groups in total. The quantitative estimate of drug-likeness (QED) is 0.440. The molecular weight excluding hydrogens is 414 g/mol. The molecule has 9 heteroatoms. The molecule has 3 rings (SSSR count). The van der Waals surface area contributed by atoms with Crippen LogP contribution in [0.5, 0.6) is 5.75 Å². The summed E-state index contributed by atoms with van der Waals surface area (Å²) in [7, 11) is 3.14. The molecule has 2 amide bonds. The zero-order valence-electron chi connectivity index (χ0n) is 17.1. The molecule has 0 spiro atoms. The number of aromatic nitrogens is 3. The molecule has 0 aliphatic carbocycles. The Morgan fingerprint density at radius 1 is 1.29 bits per heavy atom. The minimum atomic E-state index is -0.337. The molecule has 0 fully saturated rings. The minimum absolute atomic E-state index is 0.0624. The number of H-pyrrole nitrogens is 1. The molecule has 31 heavy (non-hydrogen) atoms. The first-order valence-corrected chi connectivity index (χ1v) is 9.72. The SMILES string of the molecule is C#Cc1cccc(NC(=O)CN(C)C(=O)Cn2c(-c3ccc(OC)cc3)n[nH]c2=S)c1. The predicted molar refractivity (Wildman–Crippen MR) is 120 cm³/mol. The molecule has 0 atom stereocenters. The van der Waals surface area contributed by atoms with Crippen molar-refractivity contribution in [2.24, 2.45) is 0 Å². The van der Waals surface area contributed by atoms with Crippen LogP contribution in [0.25, 0.3) is 11.4 Å². The Bertz CT molecular complexity index is 1190. The minimum Gasteiger partial charge on any atom is -0.497 e. The van der Waals surface area contributed by atoms with Crippen molar-refractivity contribution >= 4 is 29.7 Å². The summed E-state index contributed by atoms with van der Waals surface area (Å²) in [5, 5.41) is 9.67. The van der Waals surface area contributed by atoms with E-state index in [0.29, 0.717) is 27.6 Å². The van der Waals surface area contributed by atoms with Gasteiger partial charge in [-0.15, -0.1) is 6.42 Å². The molecule has 0 aliphatic rings. The zero-order valence-corrected chi connectivity index (χ0v) is 17.9. The molecule has 0 saturated carbocycles. The second kappa shape index (κ2) is 9.73. The van der Waals surface area contributed by atoms with Crippen LogP contribution in [0.4, 0.5) is 5.69 Å². The number of carbonyl (C=O) groups excluding carboxylic acids is 2. The number of carbonyl (C=O) groups is 2. The molecule has 0 aliphatic heterocycles. The van der Waals surface area contributed by atoms with Gasteiger partial charge < -0.3 is 15.0 Å². The number of benzene rings is 2. The van der Waals surface area contributed by atoms with E-state index in [-0.39, 0.29) is 24.9 Å². The molecule has 1 aromatic heterocycles.